The molecule has 1 aliphatic heterocycles. The van der Waals surface area contributed by atoms with Crippen LogP contribution in [0.25, 0.3) is 0 Å². The summed E-state index contributed by atoms with van der Waals surface area (Å²) in [5.74, 6) is 0.309. The van der Waals surface area contributed by atoms with Crippen molar-refractivity contribution < 1.29 is 4.79 Å². The van der Waals surface area contributed by atoms with Crippen LogP contribution in [-0.4, -0.2) is 45.2 Å². The third kappa shape index (κ3) is 2.88. The average Bonchev–Trinajstić information content (AvgIpc) is 2.94. The number of rotatable bonds is 4. The molecule has 5 heteroatoms. The molecule has 1 aromatic rings. The minimum absolute atomic E-state index is 0.131. The molecule has 0 radical (unpaired) electrons. The van der Waals surface area contributed by atoms with Gasteiger partial charge in [0.1, 0.15) is 0 Å². The third-order valence-corrected chi connectivity index (χ3v) is 4.71. The molecule has 0 unspecified atom stereocenters. The Labute approximate surface area is 113 Å². The van der Waals surface area contributed by atoms with Gasteiger partial charge in [0, 0.05) is 25.5 Å². The summed E-state index contributed by atoms with van der Waals surface area (Å²) >= 11 is 1.66. The van der Waals surface area contributed by atoms with Crippen molar-refractivity contribution in [2.75, 3.05) is 19.3 Å². The summed E-state index contributed by atoms with van der Waals surface area (Å²) in [6.07, 6.45) is 8.79. The van der Waals surface area contributed by atoms with Crippen LogP contribution in [0, 0.1) is 0 Å². The minimum atomic E-state index is 0.131. The first kappa shape index (κ1) is 13.5. The van der Waals surface area contributed by atoms with Crippen molar-refractivity contribution in [1.82, 2.24) is 14.7 Å². The molecule has 1 saturated heterocycles. The predicted octanol–water partition coefficient (Wildman–Crippen LogP) is 2.19. The molecule has 1 amide bonds. The second kappa shape index (κ2) is 6.27. The number of likely N-dealkylation sites (tertiary alicyclic amines) is 1. The number of aromatic nitrogens is 2. The van der Waals surface area contributed by atoms with Gasteiger partial charge in [-0.1, -0.05) is 6.92 Å². The molecule has 1 aliphatic rings. The van der Waals surface area contributed by atoms with Crippen LogP contribution in [0.15, 0.2) is 18.5 Å². The Morgan fingerprint density at radius 2 is 2.22 bits per heavy atom. The zero-order valence-corrected chi connectivity index (χ0v) is 11.9. The molecule has 1 fully saturated rings. The standard InChI is InChI=1S/C13H21N3OS/c1-3-12(18-2)13(17)15-9-5-11(6-10-15)16-8-4-7-14-16/h4,7-8,11-12H,3,5-6,9-10H2,1-2H3/t12-/m0/s1. The maximum atomic E-state index is 12.2. The SMILES string of the molecule is CC[C@H](SC)C(=O)N1CCC(n2cccn2)CC1. The van der Waals surface area contributed by atoms with Crippen LogP contribution in [0.1, 0.15) is 32.2 Å². The lowest BCUT2D eigenvalue weighted by atomic mass is 10.0. The lowest BCUT2D eigenvalue weighted by Crippen LogP contribution is -2.43. The van der Waals surface area contributed by atoms with Gasteiger partial charge in [0.2, 0.25) is 5.91 Å². The molecular formula is C13H21N3OS. The molecule has 0 saturated carbocycles. The quantitative estimate of drug-likeness (QED) is 0.839. The van der Waals surface area contributed by atoms with Crippen molar-refractivity contribution in [2.45, 2.75) is 37.5 Å². The molecule has 0 spiro atoms. The van der Waals surface area contributed by atoms with Crippen molar-refractivity contribution in [1.29, 1.82) is 0 Å². The van der Waals surface area contributed by atoms with Gasteiger partial charge in [0.25, 0.3) is 0 Å². The molecule has 1 atom stereocenters. The highest BCUT2D eigenvalue weighted by atomic mass is 32.2. The fourth-order valence-electron chi connectivity index (χ4n) is 2.49. The third-order valence-electron chi connectivity index (χ3n) is 3.61. The maximum absolute atomic E-state index is 12.2. The first-order chi connectivity index (χ1) is 8.76. The Kier molecular flexibility index (Phi) is 4.69. The molecule has 0 bridgehead atoms. The van der Waals surface area contributed by atoms with Gasteiger partial charge in [-0.05, 0) is 31.6 Å². The van der Waals surface area contributed by atoms with Crippen molar-refractivity contribution in [3.63, 3.8) is 0 Å². The lowest BCUT2D eigenvalue weighted by molar-refractivity contribution is -0.131. The number of nitrogens with zero attached hydrogens (tertiary/aromatic N) is 3. The first-order valence-corrected chi connectivity index (χ1v) is 7.85. The van der Waals surface area contributed by atoms with Crippen LogP contribution >= 0.6 is 11.8 Å². The lowest BCUT2D eigenvalue weighted by Gasteiger charge is -2.33. The largest absolute Gasteiger partial charge is 0.342 e. The molecule has 2 rings (SSSR count). The highest BCUT2D eigenvalue weighted by Crippen LogP contribution is 2.24. The number of hydrogen-bond acceptors (Lipinski definition) is 3. The van der Waals surface area contributed by atoms with Gasteiger partial charge in [-0.25, -0.2) is 0 Å². The number of hydrogen-bond donors (Lipinski definition) is 0. The second-order valence-corrected chi connectivity index (χ2v) is 5.72. The van der Waals surface area contributed by atoms with Crippen LogP contribution in [-0.2, 0) is 4.79 Å². The molecule has 100 valence electrons. The van der Waals surface area contributed by atoms with Gasteiger partial charge in [0.15, 0.2) is 0 Å². The van der Waals surface area contributed by atoms with Gasteiger partial charge in [-0.2, -0.15) is 16.9 Å². The zero-order valence-electron chi connectivity index (χ0n) is 11.1. The second-order valence-electron chi connectivity index (χ2n) is 4.68. The summed E-state index contributed by atoms with van der Waals surface area (Å²) in [5, 5.41) is 4.42. The number of carbonyl (C=O) groups is 1. The van der Waals surface area contributed by atoms with E-state index < -0.39 is 0 Å². The smallest absolute Gasteiger partial charge is 0.235 e. The average molecular weight is 267 g/mol. The van der Waals surface area contributed by atoms with E-state index in [0.717, 1.165) is 32.4 Å². The molecule has 0 N–H and O–H groups in total. The molecular weight excluding hydrogens is 246 g/mol. The van der Waals surface area contributed by atoms with Gasteiger partial charge in [-0.3, -0.25) is 9.48 Å². The van der Waals surface area contributed by atoms with Crippen LogP contribution in [0.4, 0.5) is 0 Å². The van der Waals surface area contributed by atoms with Gasteiger partial charge < -0.3 is 4.90 Å². The van der Waals surface area contributed by atoms with E-state index in [9.17, 15) is 4.79 Å². The van der Waals surface area contributed by atoms with E-state index in [1.807, 2.05) is 34.3 Å². The molecule has 0 aliphatic carbocycles. The molecule has 2 heterocycles. The monoisotopic (exact) mass is 267 g/mol. The van der Waals surface area contributed by atoms with Crippen molar-refractivity contribution in [2.24, 2.45) is 0 Å². The number of amides is 1. The maximum Gasteiger partial charge on any atom is 0.235 e. The minimum Gasteiger partial charge on any atom is -0.342 e. The van der Waals surface area contributed by atoms with Crippen molar-refractivity contribution in [3.05, 3.63) is 18.5 Å². The van der Waals surface area contributed by atoms with E-state index in [2.05, 4.69) is 12.0 Å². The Bertz CT molecular complexity index is 368. The number of thioether (sulfide) groups is 1. The van der Waals surface area contributed by atoms with Crippen molar-refractivity contribution in [3.8, 4) is 0 Å². The highest BCUT2D eigenvalue weighted by molar-refractivity contribution is 7.99. The Hall–Kier alpha value is -0.970. The summed E-state index contributed by atoms with van der Waals surface area (Å²) in [6, 6.07) is 2.41. The van der Waals surface area contributed by atoms with Crippen LogP contribution in [0.5, 0.6) is 0 Å². The Balaban J connectivity index is 1.88. The van der Waals surface area contributed by atoms with Crippen LogP contribution in [0.2, 0.25) is 0 Å². The summed E-state index contributed by atoms with van der Waals surface area (Å²) in [6.45, 7) is 3.80. The highest BCUT2D eigenvalue weighted by Gasteiger charge is 2.27. The van der Waals surface area contributed by atoms with Crippen LogP contribution in [0.3, 0.4) is 0 Å². The normalized spacial score (nSPS) is 18.9. The zero-order chi connectivity index (χ0) is 13.0. The van der Waals surface area contributed by atoms with E-state index in [0.29, 0.717) is 11.9 Å². The molecule has 4 nitrogen and oxygen atoms in total. The Morgan fingerprint density at radius 1 is 1.50 bits per heavy atom. The van der Waals surface area contributed by atoms with E-state index in [1.165, 1.54) is 0 Å². The summed E-state index contributed by atoms with van der Waals surface area (Å²) < 4.78 is 2.02. The number of carbonyl (C=O) groups excluding carboxylic acids is 1. The van der Waals surface area contributed by atoms with E-state index in [1.54, 1.807) is 11.8 Å². The fourth-order valence-corrected chi connectivity index (χ4v) is 3.18. The van der Waals surface area contributed by atoms with E-state index in [4.69, 9.17) is 0 Å². The Morgan fingerprint density at radius 3 is 2.72 bits per heavy atom. The van der Waals surface area contributed by atoms with E-state index in [-0.39, 0.29) is 5.25 Å². The van der Waals surface area contributed by atoms with Gasteiger partial charge in [0.05, 0.1) is 11.3 Å². The summed E-state index contributed by atoms with van der Waals surface area (Å²) in [5.41, 5.74) is 0. The molecule has 18 heavy (non-hydrogen) atoms. The predicted molar refractivity (Wildman–Crippen MR) is 74.7 cm³/mol. The van der Waals surface area contributed by atoms with Crippen LogP contribution < -0.4 is 0 Å². The fraction of sp³-hybridized carbons (Fsp3) is 0.692. The summed E-state index contributed by atoms with van der Waals surface area (Å²) in [4.78, 5) is 14.3. The van der Waals surface area contributed by atoms with Crippen molar-refractivity contribution >= 4 is 17.7 Å². The van der Waals surface area contributed by atoms with Gasteiger partial charge >= 0.3 is 0 Å². The molecule has 0 aromatic carbocycles. The van der Waals surface area contributed by atoms with Gasteiger partial charge in [-0.15, -0.1) is 0 Å². The molecule has 1 aromatic heterocycles. The first-order valence-electron chi connectivity index (χ1n) is 6.57. The number of piperidine rings is 1. The topological polar surface area (TPSA) is 38.1 Å². The van der Waals surface area contributed by atoms with E-state index >= 15 is 0 Å². The summed E-state index contributed by atoms with van der Waals surface area (Å²) in [7, 11) is 0.